The average Bonchev–Trinajstić information content (AvgIpc) is 3.05. The van der Waals surface area contributed by atoms with Crippen molar-refractivity contribution in [1.82, 2.24) is 19.9 Å². The molecular weight excluding hydrogens is 276 g/mol. The van der Waals surface area contributed by atoms with Crippen molar-refractivity contribution in [1.29, 1.82) is 0 Å². The van der Waals surface area contributed by atoms with Crippen molar-refractivity contribution in [2.45, 2.75) is 19.4 Å². The van der Waals surface area contributed by atoms with E-state index in [1.54, 1.807) is 18.7 Å². The summed E-state index contributed by atoms with van der Waals surface area (Å²) in [6.45, 7) is 1.53. The van der Waals surface area contributed by atoms with E-state index in [0.29, 0.717) is 13.0 Å². The topological polar surface area (TPSA) is 59.8 Å². The highest BCUT2D eigenvalue weighted by Gasteiger charge is 2.06. The first kappa shape index (κ1) is 14.3. The number of benzene rings is 1. The number of aryl methyl sites for hydroxylation is 1. The summed E-state index contributed by atoms with van der Waals surface area (Å²) in [5.41, 5.74) is 1.03. The van der Waals surface area contributed by atoms with Crippen LogP contribution in [0.5, 0.6) is 0 Å². The zero-order chi connectivity index (χ0) is 15.2. The zero-order valence-corrected chi connectivity index (χ0v) is 12.3. The maximum absolute atomic E-state index is 12.1. The molecule has 0 fully saturated rings. The van der Waals surface area contributed by atoms with Gasteiger partial charge in [0, 0.05) is 43.3 Å². The molecule has 0 spiro atoms. The lowest BCUT2D eigenvalue weighted by molar-refractivity contribution is -0.120. The highest BCUT2D eigenvalue weighted by atomic mass is 16.1. The number of nitrogens with zero attached hydrogens (tertiary/aromatic N) is 3. The molecule has 0 bridgehead atoms. The molecule has 0 radical (unpaired) electrons. The lowest BCUT2D eigenvalue weighted by atomic mass is 10.0. The molecule has 2 aromatic heterocycles. The van der Waals surface area contributed by atoms with Gasteiger partial charge in [0.25, 0.3) is 0 Å². The molecule has 3 aromatic rings. The Hall–Kier alpha value is -2.69. The minimum Gasteiger partial charge on any atom is -0.356 e. The van der Waals surface area contributed by atoms with Crippen LogP contribution in [-0.2, 0) is 17.8 Å². The van der Waals surface area contributed by atoms with Gasteiger partial charge in [-0.3, -0.25) is 9.78 Å². The zero-order valence-electron chi connectivity index (χ0n) is 12.3. The van der Waals surface area contributed by atoms with Crippen LogP contribution in [0, 0.1) is 0 Å². The van der Waals surface area contributed by atoms with Crippen molar-refractivity contribution >= 4 is 16.7 Å². The van der Waals surface area contributed by atoms with Crippen molar-refractivity contribution in [3.8, 4) is 0 Å². The van der Waals surface area contributed by atoms with Crippen LogP contribution in [0.25, 0.3) is 10.8 Å². The predicted molar refractivity (Wildman–Crippen MR) is 85.3 cm³/mol. The smallest absolute Gasteiger partial charge is 0.224 e. The fourth-order valence-corrected chi connectivity index (χ4v) is 2.49. The van der Waals surface area contributed by atoms with Crippen molar-refractivity contribution in [3.63, 3.8) is 0 Å². The molecule has 2 heterocycles. The van der Waals surface area contributed by atoms with Gasteiger partial charge in [-0.05, 0) is 23.4 Å². The summed E-state index contributed by atoms with van der Waals surface area (Å²) in [4.78, 5) is 20.2. The maximum atomic E-state index is 12.1. The summed E-state index contributed by atoms with van der Waals surface area (Å²) in [6.07, 6.45) is 10.3. The second kappa shape index (κ2) is 6.85. The molecule has 5 nitrogen and oxygen atoms in total. The standard InChI is InChI=1S/C17H18N4O/c22-17(20-6-2-9-21-10-8-19-13-21)11-14-3-1-4-15-12-18-7-5-16(14)15/h1,3-5,7-8,10,12-13H,2,6,9,11H2,(H,20,22). The van der Waals surface area contributed by atoms with E-state index in [0.717, 1.165) is 29.3 Å². The van der Waals surface area contributed by atoms with Crippen LogP contribution >= 0.6 is 0 Å². The molecule has 0 aliphatic rings. The quantitative estimate of drug-likeness (QED) is 0.709. The summed E-state index contributed by atoms with van der Waals surface area (Å²) in [7, 11) is 0. The normalized spacial score (nSPS) is 10.7. The number of carbonyl (C=O) groups is 1. The molecule has 112 valence electrons. The molecule has 5 heteroatoms. The van der Waals surface area contributed by atoms with Crippen molar-refractivity contribution in [3.05, 3.63) is 60.9 Å². The minimum absolute atomic E-state index is 0.0509. The van der Waals surface area contributed by atoms with Crippen LogP contribution in [0.4, 0.5) is 0 Å². The Balaban J connectivity index is 1.52. The maximum Gasteiger partial charge on any atom is 0.224 e. The summed E-state index contributed by atoms with van der Waals surface area (Å²) in [5.74, 6) is 0.0509. The monoisotopic (exact) mass is 294 g/mol. The third-order valence-electron chi connectivity index (χ3n) is 3.60. The van der Waals surface area contributed by atoms with Gasteiger partial charge in [0.2, 0.25) is 5.91 Å². The Kier molecular flexibility index (Phi) is 4.44. The summed E-state index contributed by atoms with van der Waals surface area (Å²) < 4.78 is 2.00. The van der Waals surface area contributed by atoms with E-state index in [4.69, 9.17) is 0 Å². The van der Waals surface area contributed by atoms with E-state index < -0.39 is 0 Å². The summed E-state index contributed by atoms with van der Waals surface area (Å²) >= 11 is 0. The van der Waals surface area contributed by atoms with Crippen molar-refractivity contribution < 1.29 is 4.79 Å². The van der Waals surface area contributed by atoms with Gasteiger partial charge in [-0.25, -0.2) is 4.98 Å². The summed E-state index contributed by atoms with van der Waals surface area (Å²) in [5, 5.41) is 5.12. The lowest BCUT2D eigenvalue weighted by Crippen LogP contribution is -2.26. The van der Waals surface area contributed by atoms with Crippen LogP contribution < -0.4 is 5.32 Å². The summed E-state index contributed by atoms with van der Waals surface area (Å²) in [6, 6.07) is 7.92. The highest BCUT2D eigenvalue weighted by Crippen LogP contribution is 2.17. The van der Waals surface area contributed by atoms with Gasteiger partial charge in [0.1, 0.15) is 0 Å². The van der Waals surface area contributed by atoms with Gasteiger partial charge in [-0.2, -0.15) is 0 Å². The van der Waals surface area contributed by atoms with E-state index in [9.17, 15) is 4.79 Å². The number of hydrogen-bond donors (Lipinski definition) is 1. The van der Waals surface area contributed by atoms with E-state index in [-0.39, 0.29) is 5.91 Å². The first-order chi connectivity index (χ1) is 10.8. The van der Waals surface area contributed by atoms with E-state index in [1.165, 1.54) is 0 Å². The van der Waals surface area contributed by atoms with Crippen LogP contribution in [0.1, 0.15) is 12.0 Å². The molecule has 1 aromatic carbocycles. The number of amides is 1. The molecule has 1 N–H and O–H groups in total. The number of hydrogen-bond acceptors (Lipinski definition) is 3. The second-order valence-electron chi connectivity index (χ2n) is 5.19. The van der Waals surface area contributed by atoms with Crippen LogP contribution in [0.3, 0.4) is 0 Å². The lowest BCUT2D eigenvalue weighted by Gasteiger charge is -2.08. The Morgan fingerprint density at radius 1 is 1.18 bits per heavy atom. The Morgan fingerprint density at radius 3 is 3.00 bits per heavy atom. The number of nitrogens with one attached hydrogen (secondary N) is 1. The Labute approximate surface area is 129 Å². The van der Waals surface area contributed by atoms with Gasteiger partial charge in [0.05, 0.1) is 12.7 Å². The molecule has 0 unspecified atom stereocenters. The number of fused-ring (bicyclic) bond motifs is 1. The highest BCUT2D eigenvalue weighted by molar-refractivity contribution is 5.89. The Morgan fingerprint density at radius 2 is 2.14 bits per heavy atom. The third-order valence-corrected chi connectivity index (χ3v) is 3.60. The number of pyridine rings is 1. The molecule has 1 amide bonds. The van der Waals surface area contributed by atoms with Gasteiger partial charge in [0.15, 0.2) is 0 Å². The molecule has 0 atom stereocenters. The fraction of sp³-hybridized carbons (Fsp3) is 0.235. The first-order valence-electron chi connectivity index (χ1n) is 7.37. The van der Waals surface area contributed by atoms with Gasteiger partial charge >= 0.3 is 0 Å². The van der Waals surface area contributed by atoms with Gasteiger partial charge in [-0.15, -0.1) is 0 Å². The van der Waals surface area contributed by atoms with E-state index in [2.05, 4.69) is 15.3 Å². The Bertz CT molecular complexity index is 747. The molecular formula is C17H18N4O. The van der Waals surface area contributed by atoms with Gasteiger partial charge < -0.3 is 9.88 Å². The van der Waals surface area contributed by atoms with Crippen molar-refractivity contribution in [2.75, 3.05) is 6.54 Å². The molecule has 3 rings (SSSR count). The first-order valence-corrected chi connectivity index (χ1v) is 7.37. The second-order valence-corrected chi connectivity index (χ2v) is 5.19. The van der Waals surface area contributed by atoms with Crippen molar-refractivity contribution in [2.24, 2.45) is 0 Å². The van der Waals surface area contributed by atoms with E-state index in [1.807, 2.05) is 41.2 Å². The molecule has 0 aliphatic carbocycles. The minimum atomic E-state index is 0.0509. The molecule has 0 saturated carbocycles. The third kappa shape index (κ3) is 3.49. The van der Waals surface area contributed by atoms with E-state index >= 15 is 0 Å². The number of carbonyl (C=O) groups excluding carboxylic acids is 1. The fourth-order valence-electron chi connectivity index (χ4n) is 2.49. The SMILES string of the molecule is O=C(Cc1cccc2cnccc12)NCCCn1ccnc1. The number of aromatic nitrogens is 3. The molecule has 22 heavy (non-hydrogen) atoms. The largest absolute Gasteiger partial charge is 0.356 e. The van der Waals surface area contributed by atoms with Crippen LogP contribution in [0.2, 0.25) is 0 Å². The number of rotatable bonds is 6. The van der Waals surface area contributed by atoms with Crippen LogP contribution in [-0.4, -0.2) is 27.0 Å². The molecule has 0 saturated heterocycles. The molecule has 0 aliphatic heterocycles. The average molecular weight is 294 g/mol. The number of imidazole rings is 1. The predicted octanol–water partition coefficient (Wildman–Crippen LogP) is 2.18. The van der Waals surface area contributed by atoms with Crippen LogP contribution in [0.15, 0.2) is 55.4 Å². The van der Waals surface area contributed by atoms with Gasteiger partial charge in [-0.1, -0.05) is 18.2 Å².